The maximum absolute atomic E-state index is 13.5. The fourth-order valence-electron chi connectivity index (χ4n) is 1.72. The zero-order valence-electron chi connectivity index (χ0n) is 10.8. The van der Waals surface area contributed by atoms with E-state index in [1.54, 1.807) is 13.8 Å². The van der Waals surface area contributed by atoms with E-state index in [0.29, 0.717) is 6.54 Å². The Balaban J connectivity index is 2.73. The Hall–Kier alpha value is -1.49. The molecule has 1 aromatic rings. The Labute approximate surface area is 106 Å². The van der Waals surface area contributed by atoms with Gasteiger partial charge in [0.2, 0.25) is 5.91 Å². The number of carbonyl (C=O) groups is 1. The van der Waals surface area contributed by atoms with Crippen LogP contribution in [0.2, 0.25) is 0 Å². The second-order valence-electron chi connectivity index (χ2n) is 4.15. The first-order valence-corrected chi connectivity index (χ1v) is 5.95. The van der Waals surface area contributed by atoms with Gasteiger partial charge in [-0.25, -0.2) is 8.78 Å². The average Bonchev–Trinajstić information content (AvgIpc) is 2.32. The highest BCUT2D eigenvalue weighted by atomic mass is 19.2. The number of hydrogen-bond donors (Lipinski definition) is 2. The lowest BCUT2D eigenvalue weighted by molar-refractivity contribution is -0.122. The van der Waals surface area contributed by atoms with Crippen LogP contribution in [0.5, 0.6) is 0 Å². The number of nitrogens with one attached hydrogen (secondary N) is 2. The van der Waals surface area contributed by atoms with Gasteiger partial charge in [0.15, 0.2) is 11.6 Å². The van der Waals surface area contributed by atoms with Crippen LogP contribution in [-0.2, 0) is 4.79 Å². The van der Waals surface area contributed by atoms with Crippen molar-refractivity contribution in [2.24, 2.45) is 0 Å². The van der Waals surface area contributed by atoms with Gasteiger partial charge >= 0.3 is 0 Å². The van der Waals surface area contributed by atoms with Gasteiger partial charge in [-0.3, -0.25) is 10.1 Å². The van der Waals surface area contributed by atoms with Crippen molar-refractivity contribution in [3.05, 3.63) is 35.4 Å². The summed E-state index contributed by atoms with van der Waals surface area (Å²) in [5, 5.41) is 5.59. The molecule has 18 heavy (non-hydrogen) atoms. The molecular weight excluding hydrogens is 238 g/mol. The molecule has 0 spiro atoms. The Morgan fingerprint density at radius 3 is 2.61 bits per heavy atom. The zero-order chi connectivity index (χ0) is 13.7. The molecule has 1 amide bonds. The molecule has 0 bridgehead atoms. The summed E-state index contributed by atoms with van der Waals surface area (Å²) in [4.78, 5) is 11.5. The topological polar surface area (TPSA) is 41.1 Å². The minimum atomic E-state index is -0.883. The molecule has 2 unspecified atom stereocenters. The normalized spacial score (nSPS) is 14.1. The number of benzene rings is 1. The van der Waals surface area contributed by atoms with Crippen LogP contribution >= 0.6 is 0 Å². The number of amides is 1. The summed E-state index contributed by atoms with van der Waals surface area (Å²) < 4.78 is 26.6. The molecule has 0 saturated carbocycles. The zero-order valence-corrected chi connectivity index (χ0v) is 10.8. The molecule has 3 nitrogen and oxygen atoms in total. The lowest BCUT2D eigenvalue weighted by Crippen LogP contribution is -2.43. The molecule has 0 aromatic heterocycles. The van der Waals surface area contributed by atoms with Gasteiger partial charge in [0.05, 0.1) is 6.04 Å². The van der Waals surface area contributed by atoms with Crippen molar-refractivity contribution in [2.45, 2.75) is 32.9 Å². The monoisotopic (exact) mass is 256 g/mol. The van der Waals surface area contributed by atoms with Crippen molar-refractivity contribution in [1.82, 2.24) is 10.6 Å². The van der Waals surface area contributed by atoms with Crippen molar-refractivity contribution in [3.8, 4) is 0 Å². The number of carbonyl (C=O) groups excluding carboxylic acids is 1. The maximum Gasteiger partial charge on any atom is 0.236 e. The highest BCUT2D eigenvalue weighted by Gasteiger charge is 2.19. The van der Waals surface area contributed by atoms with Crippen LogP contribution in [0.3, 0.4) is 0 Å². The molecule has 2 atom stereocenters. The minimum Gasteiger partial charge on any atom is -0.355 e. The highest BCUT2D eigenvalue weighted by Crippen LogP contribution is 2.19. The molecule has 0 heterocycles. The summed E-state index contributed by atoms with van der Waals surface area (Å²) in [6.07, 6.45) is 0. The first kappa shape index (κ1) is 14.6. The van der Waals surface area contributed by atoms with Crippen LogP contribution in [0.25, 0.3) is 0 Å². The molecule has 0 radical (unpaired) electrons. The van der Waals surface area contributed by atoms with Crippen LogP contribution in [0, 0.1) is 11.6 Å². The van der Waals surface area contributed by atoms with Gasteiger partial charge in [0, 0.05) is 18.2 Å². The molecule has 0 aliphatic heterocycles. The smallest absolute Gasteiger partial charge is 0.236 e. The number of halogens is 2. The van der Waals surface area contributed by atoms with E-state index in [9.17, 15) is 13.6 Å². The summed E-state index contributed by atoms with van der Waals surface area (Å²) in [6.45, 7) is 5.72. The average molecular weight is 256 g/mol. The molecule has 0 fully saturated rings. The van der Waals surface area contributed by atoms with E-state index >= 15 is 0 Å². The van der Waals surface area contributed by atoms with Crippen LogP contribution < -0.4 is 10.6 Å². The first-order chi connectivity index (χ1) is 8.47. The van der Waals surface area contributed by atoms with E-state index in [1.807, 2.05) is 6.92 Å². The Kier molecular flexibility index (Phi) is 5.22. The van der Waals surface area contributed by atoms with Gasteiger partial charge in [0.25, 0.3) is 0 Å². The third-order valence-electron chi connectivity index (χ3n) is 2.69. The molecule has 1 rings (SSSR count). The summed E-state index contributed by atoms with van der Waals surface area (Å²) in [5.74, 6) is -1.92. The van der Waals surface area contributed by atoms with E-state index in [4.69, 9.17) is 0 Å². The van der Waals surface area contributed by atoms with Crippen molar-refractivity contribution < 1.29 is 13.6 Å². The van der Waals surface area contributed by atoms with Gasteiger partial charge in [-0.15, -0.1) is 0 Å². The van der Waals surface area contributed by atoms with E-state index in [0.717, 1.165) is 6.07 Å². The molecule has 5 heteroatoms. The third kappa shape index (κ3) is 3.50. The van der Waals surface area contributed by atoms with Gasteiger partial charge < -0.3 is 5.32 Å². The fourth-order valence-corrected chi connectivity index (χ4v) is 1.72. The first-order valence-electron chi connectivity index (χ1n) is 5.95. The van der Waals surface area contributed by atoms with Crippen molar-refractivity contribution in [2.75, 3.05) is 6.54 Å². The molecule has 0 saturated heterocycles. The lowest BCUT2D eigenvalue weighted by atomic mass is 10.1. The standard InChI is InChI=1S/C13H18F2N2O/c1-4-16-13(18)9(3)17-8(2)10-6-5-7-11(14)12(10)15/h5-9,17H,4H2,1-3H3,(H,16,18). The number of likely N-dealkylation sites (N-methyl/N-ethyl adjacent to an activating group) is 1. The number of rotatable bonds is 5. The molecule has 2 N–H and O–H groups in total. The van der Waals surface area contributed by atoms with Crippen LogP contribution in [0.1, 0.15) is 32.4 Å². The van der Waals surface area contributed by atoms with Crippen molar-refractivity contribution in [3.63, 3.8) is 0 Å². The van der Waals surface area contributed by atoms with Gasteiger partial charge in [-0.2, -0.15) is 0 Å². The lowest BCUT2D eigenvalue weighted by Gasteiger charge is -2.20. The summed E-state index contributed by atoms with van der Waals surface area (Å²) in [6, 6.07) is 3.10. The van der Waals surface area contributed by atoms with E-state index in [1.165, 1.54) is 12.1 Å². The second kappa shape index (κ2) is 6.44. The van der Waals surface area contributed by atoms with Crippen LogP contribution in [0.4, 0.5) is 8.78 Å². The van der Waals surface area contributed by atoms with Crippen LogP contribution in [0.15, 0.2) is 18.2 Å². The minimum absolute atomic E-state index is 0.166. The van der Waals surface area contributed by atoms with E-state index in [-0.39, 0.29) is 11.5 Å². The summed E-state index contributed by atoms with van der Waals surface area (Å²) >= 11 is 0. The Morgan fingerprint density at radius 2 is 2.00 bits per heavy atom. The number of hydrogen-bond acceptors (Lipinski definition) is 2. The molecule has 0 aliphatic rings. The van der Waals surface area contributed by atoms with Crippen molar-refractivity contribution >= 4 is 5.91 Å². The van der Waals surface area contributed by atoms with Crippen LogP contribution in [-0.4, -0.2) is 18.5 Å². The Bertz CT molecular complexity index is 423. The second-order valence-corrected chi connectivity index (χ2v) is 4.15. The van der Waals surface area contributed by atoms with Gasteiger partial charge in [-0.1, -0.05) is 12.1 Å². The predicted molar refractivity (Wildman–Crippen MR) is 66.1 cm³/mol. The Morgan fingerprint density at radius 1 is 1.33 bits per heavy atom. The van der Waals surface area contributed by atoms with Crippen molar-refractivity contribution in [1.29, 1.82) is 0 Å². The molecule has 1 aromatic carbocycles. The highest BCUT2D eigenvalue weighted by molar-refractivity contribution is 5.81. The third-order valence-corrected chi connectivity index (χ3v) is 2.69. The predicted octanol–water partition coefficient (Wildman–Crippen LogP) is 2.14. The SMILES string of the molecule is CCNC(=O)C(C)NC(C)c1cccc(F)c1F. The largest absolute Gasteiger partial charge is 0.355 e. The summed E-state index contributed by atoms with van der Waals surface area (Å²) in [5.41, 5.74) is 0.214. The van der Waals surface area contributed by atoms with E-state index in [2.05, 4.69) is 10.6 Å². The quantitative estimate of drug-likeness (QED) is 0.847. The fraction of sp³-hybridized carbons (Fsp3) is 0.462. The molecule has 100 valence electrons. The van der Waals surface area contributed by atoms with Gasteiger partial charge in [0.1, 0.15) is 0 Å². The summed E-state index contributed by atoms with van der Waals surface area (Å²) in [7, 11) is 0. The molecular formula is C13H18F2N2O. The van der Waals surface area contributed by atoms with Gasteiger partial charge in [-0.05, 0) is 26.8 Å². The molecule has 0 aliphatic carbocycles. The maximum atomic E-state index is 13.5. The van der Waals surface area contributed by atoms with E-state index < -0.39 is 23.7 Å².